The fourth-order valence-electron chi connectivity index (χ4n) is 2.23. The Hall–Kier alpha value is -0.730. The number of hydrogen-bond acceptors (Lipinski definition) is 1. The number of nitrogens with zero attached hydrogens (tertiary/aromatic N) is 1. The van der Waals surface area contributed by atoms with Crippen LogP contribution in [0.1, 0.15) is 40.5 Å². The minimum Gasteiger partial charge on any atom is -0.336 e. The van der Waals surface area contributed by atoms with Crippen LogP contribution in [0.25, 0.3) is 0 Å². The summed E-state index contributed by atoms with van der Waals surface area (Å²) in [5, 5.41) is 3.03. The topological polar surface area (TPSA) is 32.3 Å². The molecule has 0 aromatic rings. The molecule has 1 rings (SSSR count). The molecule has 1 aliphatic rings. The van der Waals surface area contributed by atoms with Gasteiger partial charge in [-0.3, -0.25) is 0 Å². The summed E-state index contributed by atoms with van der Waals surface area (Å²) in [6.07, 6.45) is 2.23. The van der Waals surface area contributed by atoms with Crippen LogP contribution in [-0.2, 0) is 0 Å². The van der Waals surface area contributed by atoms with Crippen molar-refractivity contribution in [1.29, 1.82) is 0 Å². The number of urea groups is 1. The second-order valence-corrected chi connectivity index (χ2v) is 5.11. The van der Waals surface area contributed by atoms with Crippen LogP contribution in [0.4, 0.5) is 4.79 Å². The third-order valence-electron chi connectivity index (χ3n) is 3.14. The molecule has 0 aliphatic carbocycles. The molecule has 1 fully saturated rings. The van der Waals surface area contributed by atoms with E-state index in [9.17, 15) is 4.79 Å². The van der Waals surface area contributed by atoms with Gasteiger partial charge in [0.2, 0.25) is 0 Å². The highest BCUT2D eigenvalue weighted by Crippen LogP contribution is 2.20. The van der Waals surface area contributed by atoms with Crippen molar-refractivity contribution in [1.82, 2.24) is 10.2 Å². The Kier molecular flexibility index (Phi) is 4.43. The summed E-state index contributed by atoms with van der Waals surface area (Å²) >= 11 is 0. The van der Waals surface area contributed by atoms with E-state index in [1.54, 1.807) is 0 Å². The highest BCUT2D eigenvalue weighted by atomic mass is 16.2. The highest BCUT2D eigenvalue weighted by molar-refractivity contribution is 5.74. The Morgan fingerprint density at radius 2 is 1.93 bits per heavy atom. The Morgan fingerprint density at radius 1 is 1.40 bits per heavy atom. The molecule has 1 aliphatic heterocycles. The van der Waals surface area contributed by atoms with E-state index in [0.29, 0.717) is 11.8 Å². The fourth-order valence-corrected chi connectivity index (χ4v) is 2.23. The summed E-state index contributed by atoms with van der Waals surface area (Å²) in [5.41, 5.74) is 0. The lowest BCUT2D eigenvalue weighted by Crippen LogP contribution is -2.49. The van der Waals surface area contributed by atoms with Gasteiger partial charge in [0.1, 0.15) is 0 Å². The number of carbonyl (C=O) groups excluding carboxylic acids is 1. The molecule has 15 heavy (non-hydrogen) atoms. The number of nitrogens with one attached hydrogen (secondary N) is 1. The quantitative estimate of drug-likeness (QED) is 0.749. The van der Waals surface area contributed by atoms with Gasteiger partial charge in [-0.1, -0.05) is 20.8 Å². The molecule has 1 saturated heterocycles. The molecule has 0 bridgehead atoms. The number of piperidine rings is 1. The number of carbonyl (C=O) groups is 1. The molecule has 3 nitrogen and oxygen atoms in total. The minimum atomic E-state index is 0.114. The van der Waals surface area contributed by atoms with Crippen LogP contribution in [0.5, 0.6) is 0 Å². The van der Waals surface area contributed by atoms with Crippen molar-refractivity contribution in [2.75, 3.05) is 13.1 Å². The monoisotopic (exact) mass is 212 g/mol. The van der Waals surface area contributed by atoms with Crippen molar-refractivity contribution in [2.45, 2.75) is 46.6 Å². The minimum absolute atomic E-state index is 0.114. The van der Waals surface area contributed by atoms with E-state index in [1.807, 2.05) is 4.90 Å². The Labute approximate surface area is 93.2 Å². The largest absolute Gasteiger partial charge is 0.336 e. The SMILES string of the molecule is CC[C@H](C)NC(=O)N1C[C@H](C)C[C@H](C)C1. The third-order valence-corrected chi connectivity index (χ3v) is 3.14. The van der Waals surface area contributed by atoms with Gasteiger partial charge < -0.3 is 10.2 Å². The van der Waals surface area contributed by atoms with Gasteiger partial charge >= 0.3 is 6.03 Å². The molecule has 0 aromatic heterocycles. The van der Waals surface area contributed by atoms with Crippen molar-refractivity contribution in [3.05, 3.63) is 0 Å². The first kappa shape index (κ1) is 12.3. The highest BCUT2D eigenvalue weighted by Gasteiger charge is 2.25. The molecule has 0 aromatic carbocycles. The summed E-state index contributed by atoms with van der Waals surface area (Å²) in [7, 11) is 0. The maximum Gasteiger partial charge on any atom is 0.317 e. The fraction of sp³-hybridized carbons (Fsp3) is 0.917. The van der Waals surface area contributed by atoms with Crippen molar-refractivity contribution in [3.8, 4) is 0 Å². The van der Waals surface area contributed by atoms with Crippen molar-refractivity contribution >= 4 is 6.03 Å². The Balaban J connectivity index is 2.44. The molecular formula is C12H24N2O. The molecule has 0 saturated carbocycles. The van der Waals surface area contributed by atoms with Gasteiger partial charge in [-0.2, -0.15) is 0 Å². The second-order valence-electron chi connectivity index (χ2n) is 5.11. The smallest absolute Gasteiger partial charge is 0.317 e. The standard InChI is InChI=1S/C12H24N2O/c1-5-11(4)13-12(15)14-7-9(2)6-10(3)8-14/h9-11H,5-8H2,1-4H3,(H,13,15)/t9-,10+,11-/m0/s1. The summed E-state index contributed by atoms with van der Waals surface area (Å²) in [6.45, 7) is 10.4. The van der Waals surface area contributed by atoms with Gasteiger partial charge in [0, 0.05) is 19.1 Å². The van der Waals surface area contributed by atoms with E-state index in [-0.39, 0.29) is 12.1 Å². The van der Waals surface area contributed by atoms with E-state index in [1.165, 1.54) is 6.42 Å². The lowest BCUT2D eigenvalue weighted by molar-refractivity contribution is 0.144. The van der Waals surface area contributed by atoms with E-state index in [2.05, 4.69) is 33.0 Å². The molecule has 88 valence electrons. The molecule has 2 amide bonds. The van der Waals surface area contributed by atoms with Crippen molar-refractivity contribution in [3.63, 3.8) is 0 Å². The molecular weight excluding hydrogens is 188 g/mol. The van der Waals surface area contributed by atoms with E-state index in [0.717, 1.165) is 19.5 Å². The van der Waals surface area contributed by atoms with E-state index >= 15 is 0 Å². The van der Waals surface area contributed by atoms with Gasteiger partial charge in [-0.05, 0) is 31.6 Å². The first-order valence-electron chi connectivity index (χ1n) is 6.08. The third kappa shape index (κ3) is 3.73. The summed E-state index contributed by atoms with van der Waals surface area (Å²) in [6, 6.07) is 0.396. The number of rotatable bonds is 2. The average Bonchev–Trinajstić information content (AvgIpc) is 2.16. The van der Waals surface area contributed by atoms with Crippen LogP contribution in [0.3, 0.4) is 0 Å². The predicted octanol–water partition coefficient (Wildman–Crippen LogP) is 2.47. The Morgan fingerprint density at radius 3 is 2.40 bits per heavy atom. The summed E-state index contributed by atoms with van der Waals surface area (Å²) in [4.78, 5) is 13.8. The predicted molar refractivity (Wildman–Crippen MR) is 62.8 cm³/mol. The molecule has 1 heterocycles. The van der Waals surface area contributed by atoms with Gasteiger partial charge in [0.25, 0.3) is 0 Å². The van der Waals surface area contributed by atoms with Crippen LogP contribution < -0.4 is 5.32 Å². The summed E-state index contributed by atoms with van der Waals surface area (Å²) < 4.78 is 0. The van der Waals surface area contributed by atoms with Crippen molar-refractivity contribution in [2.24, 2.45) is 11.8 Å². The molecule has 1 N–H and O–H groups in total. The molecule has 0 spiro atoms. The Bertz CT molecular complexity index is 208. The molecule has 0 radical (unpaired) electrons. The van der Waals surface area contributed by atoms with Crippen LogP contribution in [-0.4, -0.2) is 30.1 Å². The van der Waals surface area contributed by atoms with Crippen LogP contribution in [0.15, 0.2) is 0 Å². The maximum absolute atomic E-state index is 11.9. The summed E-state index contributed by atoms with van der Waals surface area (Å²) in [5.74, 6) is 1.27. The lowest BCUT2D eigenvalue weighted by atomic mass is 9.92. The molecule has 0 unspecified atom stereocenters. The zero-order valence-electron chi connectivity index (χ0n) is 10.4. The van der Waals surface area contributed by atoms with Gasteiger partial charge in [0.05, 0.1) is 0 Å². The number of amides is 2. The van der Waals surface area contributed by atoms with E-state index in [4.69, 9.17) is 0 Å². The normalized spacial score (nSPS) is 28.7. The van der Waals surface area contributed by atoms with Gasteiger partial charge in [-0.25, -0.2) is 4.79 Å². The zero-order valence-corrected chi connectivity index (χ0v) is 10.4. The average molecular weight is 212 g/mol. The van der Waals surface area contributed by atoms with Crippen LogP contribution >= 0.6 is 0 Å². The zero-order chi connectivity index (χ0) is 11.4. The molecule has 3 atom stereocenters. The van der Waals surface area contributed by atoms with Crippen molar-refractivity contribution < 1.29 is 4.79 Å². The first-order valence-corrected chi connectivity index (χ1v) is 6.08. The number of hydrogen-bond donors (Lipinski definition) is 1. The second kappa shape index (κ2) is 5.38. The molecule has 3 heteroatoms. The van der Waals surface area contributed by atoms with Gasteiger partial charge in [-0.15, -0.1) is 0 Å². The maximum atomic E-state index is 11.9. The number of likely N-dealkylation sites (tertiary alicyclic amines) is 1. The van der Waals surface area contributed by atoms with Crippen LogP contribution in [0.2, 0.25) is 0 Å². The van der Waals surface area contributed by atoms with Gasteiger partial charge in [0.15, 0.2) is 0 Å². The van der Waals surface area contributed by atoms with Crippen LogP contribution in [0, 0.1) is 11.8 Å². The van der Waals surface area contributed by atoms with E-state index < -0.39 is 0 Å². The lowest BCUT2D eigenvalue weighted by Gasteiger charge is -2.35. The first-order chi connectivity index (χ1) is 7.02.